The van der Waals surface area contributed by atoms with Crippen LogP contribution in [0.3, 0.4) is 0 Å². The fraction of sp³-hybridized carbons (Fsp3) is 0.368. The van der Waals surface area contributed by atoms with Crippen molar-refractivity contribution >= 4 is 10.0 Å². The zero-order valence-corrected chi connectivity index (χ0v) is 16.3. The molecule has 2 aromatic carbocycles. The molecule has 2 aromatic rings. The zero-order valence-electron chi connectivity index (χ0n) is 15.5. The highest BCUT2D eigenvalue weighted by Gasteiger charge is 2.21. The van der Waals surface area contributed by atoms with E-state index in [2.05, 4.69) is 4.72 Å². The average Bonchev–Trinajstić information content (AvgIpc) is 3.11. The van der Waals surface area contributed by atoms with Gasteiger partial charge < -0.3 is 19.3 Å². The Hall–Kier alpha value is -2.29. The van der Waals surface area contributed by atoms with Gasteiger partial charge in [0.1, 0.15) is 10.6 Å². The SMILES string of the molecule is COc1cc(C)c(C)cc1S(=O)(=O)NCCC(O)c1ccc2c(c1)OCO2. The lowest BCUT2D eigenvalue weighted by Crippen LogP contribution is -2.26. The van der Waals surface area contributed by atoms with Gasteiger partial charge >= 0.3 is 0 Å². The number of fused-ring (bicyclic) bond motifs is 1. The van der Waals surface area contributed by atoms with Gasteiger partial charge in [0.15, 0.2) is 11.5 Å². The van der Waals surface area contributed by atoms with Gasteiger partial charge in [-0.1, -0.05) is 6.07 Å². The van der Waals surface area contributed by atoms with Crippen LogP contribution < -0.4 is 18.9 Å². The van der Waals surface area contributed by atoms with Gasteiger partial charge in [0.25, 0.3) is 0 Å². The van der Waals surface area contributed by atoms with Crippen LogP contribution in [0.2, 0.25) is 0 Å². The molecule has 1 atom stereocenters. The maximum Gasteiger partial charge on any atom is 0.244 e. The predicted octanol–water partition coefficient (Wildman–Crippen LogP) is 2.44. The number of methoxy groups -OCH3 is 1. The van der Waals surface area contributed by atoms with E-state index in [0.29, 0.717) is 22.8 Å². The van der Waals surface area contributed by atoms with Crippen LogP contribution in [0.25, 0.3) is 0 Å². The van der Waals surface area contributed by atoms with Gasteiger partial charge in [-0.3, -0.25) is 0 Å². The number of hydrogen-bond acceptors (Lipinski definition) is 6. The lowest BCUT2D eigenvalue weighted by molar-refractivity contribution is 0.166. The van der Waals surface area contributed by atoms with Gasteiger partial charge in [0.2, 0.25) is 16.8 Å². The summed E-state index contributed by atoms with van der Waals surface area (Å²) in [6, 6.07) is 8.45. The number of sulfonamides is 1. The molecule has 146 valence electrons. The van der Waals surface area contributed by atoms with E-state index in [4.69, 9.17) is 14.2 Å². The quantitative estimate of drug-likeness (QED) is 0.750. The Morgan fingerprint density at radius 3 is 2.59 bits per heavy atom. The van der Waals surface area contributed by atoms with Crippen molar-refractivity contribution in [2.75, 3.05) is 20.4 Å². The van der Waals surface area contributed by atoms with Crippen LogP contribution in [0.15, 0.2) is 35.2 Å². The van der Waals surface area contributed by atoms with E-state index in [1.165, 1.54) is 7.11 Å². The maximum atomic E-state index is 12.6. The highest BCUT2D eigenvalue weighted by Crippen LogP contribution is 2.34. The van der Waals surface area contributed by atoms with E-state index < -0.39 is 16.1 Å². The fourth-order valence-electron chi connectivity index (χ4n) is 2.83. The molecule has 0 saturated carbocycles. The third-order valence-electron chi connectivity index (χ3n) is 4.56. The summed E-state index contributed by atoms with van der Waals surface area (Å²) in [7, 11) is -2.32. The number of aryl methyl sites for hydroxylation is 2. The second kappa shape index (κ2) is 7.75. The predicted molar refractivity (Wildman–Crippen MR) is 99.8 cm³/mol. The number of ether oxygens (including phenoxy) is 3. The molecule has 0 spiro atoms. The molecule has 7 nitrogen and oxygen atoms in total. The Morgan fingerprint density at radius 1 is 1.15 bits per heavy atom. The first kappa shape index (κ1) is 19.5. The first-order valence-electron chi connectivity index (χ1n) is 8.54. The molecule has 0 fully saturated rings. The maximum absolute atomic E-state index is 12.6. The number of aliphatic hydroxyl groups is 1. The molecule has 27 heavy (non-hydrogen) atoms. The molecular weight excluding hydrogens is 370 g/mol. The first-order valence-corrected chi connectivity index (χ1v) is 10.0. The molecule has 3 rings (SSSR count). The largest absolute Gasteiger partial charge is 0.495 e. The zero-order chi connectivity index (χ0) is 19.6. The second-order valence-corrected chi connectivity index (χ2v) is 8.14. The molecule has 0 radical (unpaired) electrons. The Bertz CT molecular complexity index is 941. The summed E-state index contributed by atoms with van der Waals surface area (Å²) in [6.07, 6.45) is -0.615. The van der Waals surface area contributed by atoms with E-state index in [0.717, 1.165) is 11.1 Å². The Balaban J connectivity index is 1.66. The van der Waals surface area contributed by atoms with Crippen LogP contribution in [0.5, 0.6) is 17.2 Å². The molecule has 8 heteroatoms. The molecule has 1 unspecified atom stereocenters. The smallest absolute Gasteiger partial charge is 0.244 e. The standard InChI is InChI=1S/C19H23NO6S/c1-12-8-18(24-3)19(9-13(12)2)27(22,23)20-7-6-15(21)14-4-5-16-17(10-14)26-11-25-16/h4-5,8-10,15,20-21H,6-7,11H2,1-3H3. The third-order valence-corrected chi connectivity index (χ3v) is 6.04. The minimum Gasteiger partial charge on any atom is -0.495 e. The van der Waals surface area contributed by atoms with Gasteiger partial charge in [-0.25, -0.2) is 13.1 Å². The molecule has 1 aliphatic rings. The van der Waals surface area contributed by atoms with Crippen LogP contribution in [0, 0.1) is 13.8 Å². The first-order chi connectivity index (χ1) is 12.8. The molecule has 0 amide bonds. The normalized spacial score (nSPS) is 14.2. The number of aliphatic hydroxyl groups excluding tert-OH is 1. The number of benzene rings is 2. The van der Waals surface area contributed by atoms with E-state index in [1.807, 2.05) is 13.8 Å². The molecule has 2 N–H and O–H groups in total. The van der Waals surface area contributed by atoms with Crippen molar-refractivity contribution in [3.05, 3.63) is 47.0 Å². The van der Waals surface area contributed by atoms with Gasteiger partial charge in [-0.2, -0.15) is 0 Å². The van der Waals surface area contributed by atoms with Crippen LogP contribution in [0.1, 0.15) is 29.2 Å². The molecule has 1 heterocycles. The van der Waals surface area contributed by atoms with Crippen molar-refractivity contribution in [2.45, 2.75) is 31.3 Å². The Kier molecular flexibility index (Phi) is 5.59. The molecule has 0 saturated heterocycles. The van der Waals surface area contributed by atoms with E-state index in [1.54, 1.807) is 30.3 Å². The Labute approximate surface area is 158 Å². The minimum atomic E-state index is -3.76. The summed E-state index contributed by atoms with van der Waals surface area (Å²) >= 11 is 0. The van der Waals surface area contributed by atoms with E-state index in [9.17, 15) is 13.5 Å². The van der Waals surface area contributed by atoms with Crippen LogP contribution in [-0.2, 0) is 10.0 Å². The fourth-order valence-corrected chi connectivity index (χ4v) is 4.11. The van der Waals surface area contributed by atoms with Crippen molar-refractivity contribution in [2.24, 2.45) is 0 Å². The van der Waals surface area contributed by atoms with Crippen molar-refractivity contribution in [3.8, 4) is 17.2 Å². The van der Waals surface area contributed by atoms with E-state index in [-0.39, 0.29) is 24.7 Å². The summed E-state index contributed by atoms with van der Waals surface area (Å²) in [6.45, 7) is 3.97. The van der Waals surface area contributed by atoms with Gasteiger partial charge in [-0.15, -0.1) is 0 Å². The number of hydrogen-bond donors (Lipinski definition) is 2. The molecule has 0 aromatic heterocycles. The molecule has 0 aliphatic carbocycles. The lowest BCUT2D eigenvalue weighted by Gasteiger charge is -2.15. The summed E-state index contributed by atoms with van der Waals surface area (Å²) in [4.78, 5) is 0.0886. The monoisotopic (exact) mass is 393 g/mol. The highest BCUT2D eigenvalue weighted by atomic mass is 32.2. The average molecular weight is 393 g/mol. The van der Waals surface area contributed by atoms with Gasteiger partial charge in [0, 0.05) is 6.54 Å². The molecule has 0 bridgehead atoms. The summed E-state index contributed by atoms with van der Waals surface area (Å²) in [5.74, 6) is 1.50. The van der Waals surface area contributed by atoms with Crippen LogP contribution in [0.4, 0.5) is 0 Å². The van der Waals surface area contributed by atoms with Crippen molar-refractivity contribution in [1.82, 2.24) is 4.72 Å². The van der Waals surface area contributed by atoms with Crippen molar-refractivity contribution in [3.63, 3.8) is 0 Å². The van der Waals surface area contributed by atoms with Crippen molar-refractivity contribution < 1.29 is 27.7 Å². The molecular formula is C19H23NO6S. The summed E-state index contributed by atoms with van der Waals surface area (Å²) in [5.41, 5.74) is 2.45. The molecule has 1 aliphatic heterocycles. The number of rotatable bonds is 7. The lowest BCUT2D eigenvalue weighted by atomic mass is 10.1. The van der Waals surface area contributed by atoms with Crippen LogP contribution >= 0.6 is 0 Å². The topological polar surface area (TPSA) is 94.1 Å². The summed E-state index contributed by atoms with van der Waals surface area (Å²) in [5, 5.41) is 10.3. The van der Waals surface area contributed by atoms with Crippen molar-refractivity contribution in [1.29, 1.82) is 0 Å². The van der Waals surface area contributed by atoms with Gasteiger partial charge in [-0.05, 0) is 61.2 Å². The highest BCUT2D eigenvalue weighted by molar-refractivity contribution is 7.89. The number of nitrogens with one attached hydrogen (secondary N) is 1. The summed E-state index contributed by atoms with van der Waals surface area (Å²) < 4.78 is 43.5. The van der Waals surface area contributed by atoms with Crippen LogP contribution in [-0.4, -0.2) is 34.0 Å². The van der Waals surface area contributed by atoms with E-state index >= 15 is 0 Å². The minimum absolute atomic E-state index is 0.0774. The van der Waals surface area contributed by atoms with Gasteiger partial charge in [0.05, 0.1) is 13.2 Å². The Morgan fingerprint density at radius 2 is 1.85 bits per heavy atom. The third kappa shape index (κ3) is 4.18. The second-order valence-electron chi connectivity index (χ2n) is 6.40.